The third-order valence-electron chi connectivity index (χ3n) is 2.09. The summed E-state index contributed by atoms with van der Waals surface area (Å²) in [5.74, 6) is 1.28. The summed E-state index contributed by atoms with van der Waals surface area (Å²) in [5, 5.41) is 6.61. The molecule has 0 bridgehead atoms. The maximum Gasteiger partial charge on any atom is 0.228 e. The van der Waals surface area contributed by atoms with Gasteiger partial charge in [-0.3, -0.25) is 0 Å². The number of halogens is 1. The van der Waals surface area contributed by atoms with E-state index in [1.165, 1.54) is 0 Å². The van der Waals surface area contributed by atoms with E-state index in [-0.39, 0.29) is 12.4 Å². The van der Waals surface area contributed by atoms with Crippen molar-refractivity contribution >= 4 is 23.9 Å². The fourth-order valence-electron chi connectivity index (χ4n) is 1.38. The number of fused-ring (bicyclic) bond motifs is 1. The molecule has 1 aromatic rings. The van der Waals surface area contributed by atoms with Crippen LogP contribution in [-0.2, 0) is 6.54 Å². The third-order valence-corrected chi connectivity index (χ3v) is 2.09. The van der Waals surface area contributed by atoms with Crippen molar-refractivity contribution in [3.63, 3.8) is 0 Å². The number of nitrogens with one attached hydrogen (secondary N) is 1. The Labute approximate surface area is 99.5 Å². The van der Waals surface area contributed by atoms with E-state index in [0.29, 0.717) is 19.0 Å². The van der Waals surface area contributed by atoms with Crippen LogP contribution in [0.4, 0.5) is 5.69 Å². The zero-order valence-corrected chi connectivity index (χ0v) is 9.25. The van der Waals surface area contributed by atoms with Crippen LogP contribution in [0.2, 0.25) is 0 Å². The van der Waals surface area contributed by atoms with Crippen LogP contribution >= 0.6 is 12.4 Å². The second-order valence-corrected chi connectivity index (χ2v) is 3.10. The van der Waals surface area contributed by atoms with E-state index in [0.717, 1.165) is 17.0 Å². The lowest BCUT2D eigenvalue weighted by atomic mass is 10.1. The van der Waals surface area contributed by atoms with Crippen LogP contribution in [0.25, 0.3) is 4.95 Å². The molecule has 0 fully saturated rings. The van der Waals surface area contributed by atoms with Crippen molar-refractivity contribution in [2.75, 3.05) is 11.9 Å². The molecule has 0 aliphatic carbocycles. The number of benzene rings is 1. The highest BCUT2D eigenvalue weighted by Crippen LogP contribution is 2.28. The monoisotopic (exact) mass is 238 g/mol. The van der Waals surface area contributed by atoms with Gasteiger partial charge in [-0.05, 0) is 17.7 Å². The number of hydrogen-bond acceptors (Lipinski definition) is 3. The average Bonchev–Trinajstić information content (AvgIpc) is 2.28. The minimum Gasteiger partial charge on any atom is -0.483 e. The first-order chi connectivity index (χ1) is 7.33. The van der Waals surface area contributed by atoms with E-state index in [1.807, 2.05) is 18.2 Å². The lowest BCUT2D eigenvalue weighted by Gasteiger charge is -2.19. The van der Waals surface area contributed by atoms with Crippen LogP contribution in [0.3, 0.4) is 0 Å². The number of hydrogen-bond donors (Lipinski definition) is 2. The smallest absolute Gasteiger partial charge is 0.228 e. The Balaban J connectivity index is 0.00000128. The molecule has 3 N–H and O–H groups in total. The molecule has 1 aliphatic heterocycles. The molecule has 84 valence electrons. The van der Waals surface area contributed by atoms with E-state index in [4.69, 9.17) is 17.0 Å². The summed E-state index contributed by atoms with van der Waals surface area (Å²) in [6.07, 6.45) is 0. The molecule has 0 atom stereocenters. The van der Waals surface area contributed by atoms with Gasteiger partial charge in [0.15, 0.2) is 6.61 Å². The molecule has 1 aliphatic rings. The number of ether oxygens (including phenoxy) is 1. The lowest BCUT2D eigenvalue weighted by Crippen LogP contribution is -2.25. The van der Waals surface area contributed by atoms with Crippen LogP contribution in [0.1, 0.15) is 5.56 Å². The van der Waals surface area contributed by atoms with Gasteiger partial charge in [0.1, 0.15) is 10.9 Å². The summed E-state index contributed by atoms with van der Waals surface area (Å²) in [4.78, 5) is 2.95. The SMILES string of the molecule is Cl.[C-]#[N+]N=C1COc2ccc(CN)cc2N1. The quantitative estimate of drug-likeness (QED) is 0.577. The van der Waals surface area contributed by atoms with Gasteiger partial charge < -0.3 is 15.8 Å². The van der Waals surface area contributed by atoms with Crippen molar-refractivity contribution < 1.29 is 4.74 Å². The van der Waals surface area contributed by atoms with Gasteiger partial charge in [-0.25, -0.2) is 0 Å². The number of nitrogens with two attached hydrogens (primary N) is 1. The summed E-state index contributed by atoms with van der Waals surface area (Å²) in [5.41, 5.74) is 7.35. The Morgan fingerprint density at radius 3 is 3.06 bits per heavy atom. The molecular formula is C10H11ClN4O. The van der Waals surface area contributed by atoms with Gasteiger partial charge in [0.05, 0.1) is 5.69 Å². The first-order valence-corrected chi connectivity index (χ1v) is 4.49. The predicted molar refractivity (Wildman–Crippen MR) is 64.7 cm³/mol. The van der Waals surface area contributed by atoms with Gasteiger partial charge in [-0.2, -0.15) is 6.57 Å². The Morgan fingerprint density at radius 1 is 1.56 bits per heavy atom. The zero-order valence-electron chi connectivity index (χ0n) is 8.43. The highest BCUT2D eigenvalue weighted by Gasteiger charge is 2.16. The van der Waals surface area contributed by atoms with Crippen LogP contribution < -0.4 is 15.8 Å². The van der Waals surface area contributed by atoms with E-state index in [1.54, 1.807) is 0 Å². The maximum atomic E-state index is 6.62. The number of rotatable bonds is 1. The normalized spacial score (nSPS) is 15.1. The molecule has 5 nitrogen and oxygen atoms in total. The van der Waals surface area contributed by atoms with Crippen LogP contribution in [0, 0.1) is 6.57 Å². The van der Waals surface area contributed by atoms with Gasteiger partial charge in [0.25, 0.3) is 0 Å². The van der Waals surface area contributed by atoms with Crippen molar-refractivity contribution in [2.45, 2.75) is 6.54 Å². The van der Waals surface area contributed by atoms with Crippen molar-refractivity contribution in [3.05, 3.63) is 35.3 Å². The molecule has 0 radical (unpaired) electrons. The van der Waals surface area contributed by atoms with Crippen LogP contribution in [0.15, 0.2) is 23.3 Å². The highest BCUT2D eigenvalue weighted by atomic mass is 35.5. The van der Waals surface area contributed by atoms with E-state index in [9.17, 15) is 0 Å². The van der Waals surface area contributed by atoms with Crippen LogP contribution in [-0.4, -0.2) is 12.4 Å². The lowest BCUT2D eigenvalue weighted by molar-refractivity contribution is 0.372. The standard InChI is InChI=1S/C10H10N4O.ClH/c1-12-14-10-6-15-9-3-2-7(5-11)4-8(9)13-10;/h2-4H,5-6,11H2,(H,13,14);1H. The molecule has 0 spiro atoms. The minimum absolute atomic E-state index is 0. The molecular weight excluding hydrogens is 228 g/mol. The van der Waals surface area contributed by atoms with Gasteiger partial charge in [0, 0.05) is 6.54 Å². The summed E-state index contributed by atoms with van der Waals surface area (Å²) >= 11 is 0. The van der Waals surface area contributed by atoms with Gasteiger partial charge >= 0.3 is 0 Å². The second-order valence-electron chi connectivity index (χ2n) is 3.10. The van der Waals surface area contributed by atoms with Gasteiger partial charge in [-0.1, -0.05) is 6.07 Å². The molecule has 1 heterocycles. The fraction of sp³-hybridized carbons (Fsp3) is 0.200. The van der Waals surface area contributed by atoms with E-state index < -0.39 is 0 Å². The zero-order chi connectivity index (χ0) is 10.7. The third kappa shape index (κ3) is 2.42. The molecule has 16 heavy (non-hydrogen) atoms. The van der Waals surface area contributed by atoms with E-state index in [2.05, 4.69) is 15.4 Å². The van der Waals surface area contributed by atoms with E-state index >= 15 is 0 Å². The Hall–Kier alpha value is -1.77. The summed E-state index contributed by atoms with van der Waals surface area (Å²) in [6.45, 7) is 7.40. The molecule has 1 aromatic carbocycles. The topological polar surface area (TPSA) is 64.0 Å². The van der Waals surface area contributed by atoms with Crippen molar-refractivity contribution in [1.29, 1.82) is 0 Å². The first-order valence-electron chi connectivity index (χ1n) is 4.49. The predicted octanol–water partition coefficient (Wildman–Crippen LogP) is 1.60. The largest absolute Gasteiger partial charge is 0.483 e. The number of amidine groups is 1. The van der Waals surface area contributed by atoms with Gasteiger partial charge in [0.2, 0.25) is 5.84 Å². The van der Waals surface area contributed by atoms with Gasteiger partial charge in [-0.15, -0.1) is 17.4 Å². The second kappa shape index (κ2) is 5.35. The highest BCUT2D eigenvalue weighted by molar-refractivity contribution is 5.99. The Morgan fingerprint density at radius 2 is 2.38 bits per heavy atom. The summed E-state index contributed by atoms with van der Waals surface area (Å²) in [6, 6.07) is 5.67. The first kappa shape index (κ1) is 12.3. The fourth-order valence-corrected chi connectivity index (χ4v) is 1.38. The Kier molecular flexibility index (Phi) is 4.11. The molecule has 0 aromatic heterocycles. The average molecular weight is 239 g/mol. The number of anilines is 1. The maximum absolute atomic E-state index is 6.62. The molecule has 0 amide bonds. The molecule has 6 heteroatoms. The summed E-state index contributed by atoms with van der Waals surface area (Å²) in [7, 11) is 0. The molecule has 0 unspecified atom stereocenters. The molecule has 2 rings (SSSR count). The number of nitrogens with zero attached hydrogens (tertiary/aromatic N) is 2. The minimum atomic E-state index is 0. The Bertz CT molecular complexity index is 453. The van der Waals surface area contributed by atoms with Crippen molar-refractivity contribution in [1.82, 2.24) is 0 Å². The molecule has 0 saturated heterocycles. The van der Waals surface area contributed by atoms with Crippen molar-refractivity contribution in [2.24, 2.45) is 10.8 Å². The van der Waals surface area contributed by atoms with Crippen molar-refractivity contribution in [3.8, 4) is 5.75 Å². The molecule has 0 saturated carbocycles. The van der Waals surface area contributed by atoms with Crippen LogP contribution in [0.5, 0.6) is 5.75 Å². The summed E-state index contributed by atoms with van der Waals surface area (Å²) < 4.78 is 5.41.